The van der Waals surface area contributed by atoms with Crippen LogP contribution in [0, 0.1) is 17.8 Å². The molecule has 0 aromatic carbocycles. The minimum Gasteiger partial charge on any atom is -0.295 e. The van der Waals surface area contributed by atoms with Gasteiger partial charge in [-0.2, -0.15) is 0 Å². The van der Waals surface area contributed by atoms with Crippen molar-refractivity contribution in [2.75, 3.05) is 5.75 Å². The van der Waals surface area contributed by atoms with Crippen LogP contribution in [0.2, 0.25) is 0 Å². The SMILES string of the molecule is CCCCS(=O)(=O)C12C(=O)NC(=O)C1C1C=CC2C1. The molecule has 1 saturated carbocycles. The lowest BCUT2D eigenvalue weighted by atomic mass is 9.84. The molecule has 3 rings (SSSR count). The monoisotopic (exact) mass is 283 g/mol. The number of unbranched alkanes of at least 4 members (excludes halogenated alkanes) is 1. The van der Waals surface area contributed by atoms with Crippen molar-refractivity contribution in [2.45, 2.75) is 30.9 Å². The number of allylic oxidation sites excluding steroid dienone is 2. The molecule has 4 atom stereocenters. The van der Waals surface area contributed by atoms with E-state index in [9.17, 15) is 18.0 Å². The van der Waals surface area contributed by atoms with Gasteiger partial charge in [0, 0.05) is 5.92 Å². The summed E-state index contributed by atoms with van der Waals surface area (Å²) in [7, 11) is -3.62. The summed E-state index contributed by atoms with van der Waals surface area (Å²) in [5.74, 6) is -2.18. The minimum absolute atomic E-state index is 0.0161. The van der Waals surface area contributed by atoms with Gasteiger partial charge in [0.15, 0.2) is 14.6 Å². The smallest absolute Gasteiger partial charge is 0.249 e. The maximum Gasteiger partial charge on any atom is 0.249 e. The van der Waals surface area contributed by atoms with E-state index in [0.717, 1.165) is 6.42 Å². The highest BCUT2D eigenvalue weighted by Gasteiger charge is 2.73. The van der Waals surface area contributed by atoms with Gasteiger partial charge in [-0.3, -0.25) is 14.9 Å². The number of imide groups is 1. The first-order valence-corrected chi connectivity index (χ1v) is 8.36. The quantitative estimate of drug-likeness (QED) is 0.599. The average Bonchev–Trinajstić information content (AvgIpc) is 3.00. The second-order valence-electron chi connectivity index (χ2n) is 5.65. The van der Waals surface area contributed by atoms with Crippen molar-refractivity contribution in [1.82, 2.24) is 5.32 Å². The van der Waals surface area contributed by atoms with Crippen molar-refractivity contribution >= 4 is 21.7 Å². The number of hydrogen-bond donors (Lipinski definition) is 1. The zero-order chi connectivity index (χ0) is 13.8. The standard InChI is InChI=1S/C13H17NO4S/c1-2-3-6-19(17,18)13-9-5-4-8(7-9)10(13)11(15)14-12(13)16/h4-5,8-10H,2-3,6-7H2,1H3,(H,14,15,16). The van der Waals surface area contributed by atoms with Crippen molar-refractivity contribution in [2.24, 2.45) is 17.8 Å². The lowest BCUT2D eigenvalue weighted by molar-refractivity contribution is -0.126. The fraction of sp³-hybridized carbons (Fsp3) is 0.692. The molecule has 2 amide bonds. The van der Waals surface area contributed by atoms with Gasteiger partial charge < -0.3 is 0 Å². The van der Waals surface area contributed by atoms with Crippen LogP contribution in [0.5, 0.6) is 0 Å². The van der Waals surface area contributed by atoms with Crippen LogP contribution < -0.4 is 5.32 Å². The van der Waals surface area contributed by atoms with Crippen molar-refractivity contribution < 1.29 is 18.0 Å². The molecule has 3 aliphatic rings. The predicted octanol–water partition coefficient (Wildman–Crippen LogP) is 0.419. The van der Waals surface area contributed by atoms with Crippen LogP contribution in [0.15, 0.2) is 12.2 Å². The van der Waals surface area contributed by atoms with Crippen LogP contribution in [-0.4, -0.2) is 30.7 Å². The van der Waals surface area contributed by atoms with E-state index in [1.807, 2.05) is 19.1 Å². The molecule has 0 aromatic rings. The van der Waals surface area contributed by atoms with Crippen molar-refractivity contribution in [3.8, 4) is 0 Å². The van der Waals surface area contributed by atoms with Crippen LogP contribution in [0.25, 0.3) is 0 Å². The zero-order valence-electron chi connectivity index (χ0n) is 10.8. The van der Waals surface area contributed by atoms with Crippen LogP contribution >= 0.6 is 0 Å². The van der Waals surface area contributed by atoms with Gasteiger partial charge in [-0.05, 0) is 18.8 Å². The fourth-order valence-corrected chi connectivity index (χ4v) is 6.54. The van der Waals surface area contributed by atoms with E-state index < -0.39 is 32.3 Å². The van der Waals surface area contributed by atoms with E-state index in [1.54, 1.807) is 0 Å². The molecule has 5 nitrogen and oxygen atoms in total. The van der Waals surface area contributed by atoms with Crippen molar-refractivity contribution in [3.05, 3.63) is 12.2 Å². The van der Waals surface area contributed by atoms with Gasteiger partial charge in [0.2, 0.25) is 11.8 Å². The highest BCUT2D eigenvalue weighted by Crippen LogP contribution is 2.57. The maximum absolute atomic E-state index is 12.7. The summed E-state index contributed by atoms with van der Waals surface area (Å²) in [4.78, 5) is 24.2. The van der Waals surface area contributed by atoms with Crippen LogP contribution in [-0.2, 0) is 19.4 Å². The van der Waals surface area contributed by atoms with Gasteiger partial charge in [-0.25, -0.2) is 8.42 Å². The molecule has 104 valence electrons. The Morgan fingerprint density at radius 2 is 2.11 bits per heavy atom. The van der Waals surface area contributed by atoms with E-state index >= 15 is 0 Å². The van der Waals surface area contributed by atoms with E-state index in [4.69, 9.17) is 0 Å². The Kier molecular flexibility index (Phi) is 2.64. The van der Waals surface area contributed by atoms with Gasteiger partial charge >= 0.3 is 0 Å². The normalized spacial score (nSPS) is 39.7. The average molecular weight is 283 g/mol. The molecule has 6 heteroatoms. The van der Waals surface area contributed by atoms with Gasteiger partial charge in [0.25, 0.3) is 0 Å². The molecular weight excluding hydrogens is 266 g/mol. The topological polar surface area (TPSA) is 80.3 Å². The molecule has 2 aliphatic carbocycles. The van der Waals surface area contributed by atoms with Crippen LogP contribution in [0.3, 0.4) is 0 Å². The molecule has 1 heterocycles. The lowest BCUT2D eigenvalue weighted by Crippen LogP contribution is -2.53. The second kappa shape index (κ2) is 3.91. The molecule has 0 radical (unpaired) electrons. The number of hydrogen-bond acceptors (Lipinski definition) is 4. The Balaban J connectivity index is 2.12. The first-order valence-electron chi connectivity index (χ1n) is 6.71. The van der Waals surface area contributed by atoms with E-state index in [2.05, 4.69) is 5.32 Å². The molecule has 1 aliphatic heterocycles. The third kappa shape index (κ3) is 1.38. The van der Waals surface area contributed by atoms with Crippen molar-refractivity contribution in [1.29, 1.82) is 0 Å². The van der Waals surface area contributed by atoms with E-state index in [0.29, 0.717) is 12.8 Å². The summed E-state index contributed by atoms with van der Waals surface area (Å²) >= 11 is 0. The van der Waals surface area contributed by atoms with Gasteiger partial charge in [0.05, 0.1) is 11.7 Å². The summed E-state index contributed by atoms with van der Waals surface area (Å²) in [6, 6.07) is 0. The molecule has 0 spiro atoms. The highest BCUT2D eigenvalue weighted by atomic mass is 32.2. The number of rotatable bonds is 4. The molecular formula is C13H17NO4S. The summed E-state index contributed by atoms with van der Waals surface area (Å²) in [5.41, 5.74) is 0. The predicted molar refractivity (Wildman–Crippen MR) is 68.8 cm³/mol. The molecule has 1 saturated heterocycles. The second-order valence-corrected chi connectivity index (χ2v) is 7.97. The third-order valence-electron chi connectivity index (χ3n) is 4.71. The Hall–Kier alpha value is -1.17. The molecule has 2 fully saturated rings. The number of nitrogens with one attached hydrogen (secondary N) is 1. The largest absolute Gasteiger partial charge is 0.295 e. The summed E-state index contributed by atoms with van der Waals surface area (Å²) < 4.78 is 23.9. The third-order valence-corrected chi connectivity index (χ3v) is 7.31. The van der Waals surface area contributed by atoms with Crippen molar-refractivity contribution in [3.63, 3.8) is 0 Å². The fourth-order valence-electron chi connectivity index (χ4n) is 3.90. The lowest BCUT2D eigenvalue weighted by Gasteiger charge is -2.32. The molecule has 1 N–H and O–H groups in total. The van der Waals surface area contributed by atoms with Gasteiger partial charge in [-0.1, -0.05) is 25.5 Å². The van der Waals surface area contributed by atoms with E-state index in [1.165, 1.54) is 0 Å². The summed E-state index contributed by atoms with van der Waals surface area (Å²) in [6.07, 6.45) is 5.58. The Morgan fingerprint density at radius 1 is 1.37 bits per heavy atom. The Labute approximate surface area is 112 Å². The molecule has 19 heavy (non-hydrogen) atoms. The molecule has 0 aromatic heterocycles. The molecule has 4 unspecified atom stereocenters. The minimum atomic E-state index is -3.62. The number of amides is 2. The van der Waals surface area contributed by atoms with Crippen LogP contribution in [0.1, 0.15) is 26.2 Å². The summed E-state index contributed by atoms with van der Waals surface area (Å²) in [6.45, 7) is 1.91. The Bertz CT molecular complexity index is 579. The number of carbonyl (C=O) groups excluding carboxylic acids is 2. The highest BCUT2D eigenvalue weighted by molar-refractivity contribution is 7.93. The number of fused-ring (bicyclic) bond motifs is 5. The first kappa shape index (κ1) is 12.8. The molecule has 2 bridgehead atoms. The number of sulfone groups is 1. The van der Waals surface area contributed by atoms with Gasteiger partial charge in [-0.15, -0.1) is 0 Å². The maximum atomic E-state index is 12.7. The summed E-state index contributed by atoms with van der Waals surface area (Å²) in [5, 5.41) is 2.25. The zero-order valence-corrected chi connectivity index (χ0v) is 11.6. The van der Waals surface area contributed by atoms with Crippen LogP contribution in [0.4, 0.5) is 0 Å². The van der Waals surface area contributed by atoms with Gasteiger partial charge in [0.1, 0.15) is 0 Å². The Morgan fingerprint density at radius 3 is 2.79 bits per heavy atom. The number of carbonyl (C=O) groups is 2. The first-order chi connectivity index (χ1) is 8.95. The van der Waals surface area contributed by atoms with E-state index in [-0.39, 0.29) is 17.6 Å².